The number of aliphatic hydroxyl groups is 6. The van der Waals surface area contributed by atoms with Crippen LogP contribution in [0.4, 0.5) is 0 Å². The first-order valence-electron chi connectivity index (χ1n) is 7.95. The Morgan fingerprint density at radius 1 is 0.833 bits per heavy atom. The maximum Gasteiger partial charge on any atom is 0.256 e. The predicted molar refractivity (Wildman–Crippen MR) is 83.7 cm³/mol. The highest BCUT2D eigenvalue weighted by atomic mass is 16.7. The molecule has 0 radical (unpaired) electrons. The molecule has 0 aromatic carbocycles. The Hall–Kier alpha value is -0.360. The molecule has 0 fully saturated rings. The molecule has 0 spiro atoms. The largest absolute Gasteiger partial charge is 0.388 e. The van der Waals surface area contributed by atoms with E-state index >= 15 is 0 Å². The topological polar surface area (TPSA) is 149 Å². The summed E-state index contributed by atoms with van der Waals surface area (Å²) in [6, 6.07) is 0. The molecule has 9 nitrogen and oxygen atoms in total. The molecule has 146 valence electrons. The molecule has 0 amide bonds. The van der Waals surface area contributed by atoms with E-state index in [-0.39, 0.29) is 19.8 Å². The average Bonchev–Trinajstić information content (AvgIpc) is 2.46. The van der Waals surface area contributed by atoms with Crippen LogP contribution in [0, 0.1) is 0 Å². The zero-order valence-electron chi connectivity index (χ0n) is 15.2. The van der Waals surface area contributed by atoms with Gasteiger partial charge < -0.3 is 44.8 Å². The molecule has 0 aliphatic heterocycles. The quantitative estimate of drug-likeness (QED) is 0.248. The van der Waals surface area contributed by atoms with Crippen LogP contribution in [0.1, 0.15) is 41.5 Å². The third-order valence-corrected chi connectivity index (χ3v) is 4.22. The third kappa shape index (κ3) is 3.74. The highest BCUT2D eigenvalue weighted by Gasteiger charge is 2.71. The van der Waals surface area contributed by atoms with Crippen LogP contribution in [0.3, 0.4) is 0 Å². The Morgan fingerprint density at radius 3 is 1.62 bits per heavy atom. The van der Waals surface area contributed by atoms with Gasteiger partial charge in [-0.2, -0.15) is 0 Å². The van der Waals surface area contributed by atoms with Gasteiger partial charge in [-0.25, -0.2) is 0 Å². The lowest BCUT2D eigenvalue weighted by atomic mass is 9.73. The van der Waals surface area contributed by atoms with E-state index in [1.165, 1.54) is 13.8 Å². The minimum Gasteiger partial charge on any atom is -0.388 e. The summed E-state index contributed by atoms with van der Waals surface area (Å²) in [5, 5.41) is 63.1. The zero-order chi connectivity index (χ0) is 19.4. The monoisotopic (exact) mass is 356 g/mol. The predicted octanol–water partition coefficient (Wildman–Crippen LogP) is -1.33. The molecule has 0 aromatic heterocycles. The minimum absolute atomic E-state index is 0.00654. The Balaban J connectivity index is 6.26. The fraction of sp³-hybridized carbons (Fsp3) is 1.00. The van der Waals surface area contributed by atoms with Gasteiger partial charge in [0.1, 0.15) is 11.7 Å². The van der Waals surface area contributed by atoms with E-state index in [1.54, 1.807) is 6.92 Å². The van der Waals surface area contributed by atoms with Crippen molar-refractivity contribution >= 4 is 0 Å². The Bertz CT molecular complexity index is 385. The van der Waals surface area contributed by atoms with Crippen LogP contribution in [0.15, 0.2) is 0 Å². The summed E-state index contributed by atoms with van der Waals surface area (Å²) < 4.78 is 15.1. The van der Waals surface area contributed by atoms with Crippen molar-refractivity contribution in [3.8, 4) is 0 Å². The number of aliphatic hydroxyl groups excluding tert-OH is 2. The molecular formula is C15H32O9. The highest BCUT2D eigenvalue weighted by molar-refractivity contribution is 5.11. The molecule has 0 saturated carbocycles. The molecule has 0 rings (SSSR count). The second-order valence-corrected chi connectivity index (χ2v) is 5.91. The van der Waals surface area contributed by atoms with Gasteiger partial charge in [-0.3, -0.25) is 0 Å². The molecule has 2 unspecified atom stereocenters. The summed E-state index contributed by atoms with van der Waals surface area (Å²) in [5.41, 5.74) is -5.24. The van der Waals surface area contributed by atoms with Crippen molar-refractivity contribution in [2.75, 3.05) is 19.8 Å². The van der Waals surface area contributed by atoms with E-state index < -0.39 is 35.2 Å². The second kappa shape index (κ2) is 8.35. The maximum atomic E-state index is 11.0. The van der Waals surface area contributed by atoms with E-state index in [0.717, 1.165) is 20.8 Å². The second-order valence-electron chi connectivity index (χ2n) is 5.91. The normalized spacial score (nSPS) is 25.0. The Morgan fingerprint density at radius 2 is 1.29 bits per heavy atom. The van der Waals surface area contributed by atoms with Gasteiger partial charge in [-0.05, 0) is 41.5 Å². The van der Waals surface area contributed by atoms with Crippen LogP contribution in [0.25, 0.3) is 0 Å². The van der Waals surface area contributed by atoms with Crippen molar-refractivity contribution in [2.45, 2.75) is 76.7 Å². The van der Waals surface area contributed by atoms with E-state index in [0.29, 0.717) is 0 Å². The zero-order valence-corrected chi connectivity index (χ0v) is 15.2. The first kappa shape index (κ1) is 23.6. The molecule has 9 heteroatoms. The molecule has 6 N–H and O–H groups in total. The van der Waals surface area contributed by atoms with Crippen molar-refractivity contribution in [1.82, 2.24) is 0 Å². The van der Waals surface area contributed by atoms with Gasteiger partial charge in [0.25, 0.3) is 11.6 Å². The summed E-state index contributed by atoms with van der Waals surface area (Å²) >= 11 is 0. The summed E-state index contributed by atoms with van der Waals surface area (Å²) in [6.45, 7) is 7.18. The lowest BCUT2D eigenvalue weighted by Gasteiger charge is -2.55. The smallest absolute Gasteiger partial charge is 0.256 e. The van der Waals surface area contributed by atoms with Crippen molar-refractivity contribution in [2.24, 2.45) is 0 Å². The van der Waals surface area contributed by atoms with Gasteiger partial charge in [-0.1, -0.05) is 0 Å². The Labute approximate surface area is 142 Å². The standard InChI is InChI=1S/C15H32O9/c1-7-22-11(17)12(5,18)13(6,19)15(21,24-9-3)14(20,10(4)16)23-8-2/h10-11,16-21H,7-9H2,1-6H3/t10?,11?,12-,13+,14-,15+/m0/s1. The molecule has 0 aromatic rings. The van der Waals surface area contributed by atoms with Crippen LogP contribution in [0.2, 0.25) is 0 Å². The van der Waals surface area contributed by atoms with Gasteiger partial charge in [-0.15, -0.1) is 0 Å². The van der Waals surface area contributed by atoms with E-state index in [1.807, 2.05) is 0 Å². The van der Waals surface area contributed by atoms with Crippen LogP contribution in [-0.2, 0) is 14.2 Å². The lowest BCUT2D eigenvalue weighted by molar-refractivity contribution is -0.469. The van der Waals surface area contributed by atoms with E-state index in [4.69, 9.17) is 14.2 Å². The maximum absolute atomic E-state index is 11.0. The van der Waals surface area contributed by atoms with Gasteiger partial charge in [0.15, 0.2) is 11.9 Å². The van der Waals surface area contributed by atoms with Crippen LogP contribution in [-0.4, -0.2) is 85.6 Å². The Kier molecular flexibility index (Phi) is 8.22. The van der Waals surface area contributed by atoms with Gasteiger partial charge in [0.2, 0.25) is 0 Å². The van der Waals surface area contributed by atoms with Gasteiger partial charge >= 0.3 is 0 Å². The van der Waals surface area contributed by atoms with Crippen LogP contribution in [0.5, 0.6) is 0 Å². The molecule has 0 saturated heterocycles. The summed E-state index contributed by atoms with van der Waals surface area (Å²) in [5.74, 6) is -5.82. The van der Waals surface area contributed by atoms with Crippen LogP contribution >= 0.6 is 0 Å². The SMILES string of the molecule is CCOC(O)[C@](C)(O)[C@@](C)(O)[C@@](O)(OCC)[C@@](O)(OCC)C(C)O. The van der Waals surface area contributed by atoms with Crippen molar-refractivity contribution in [1.29, 1.82) is 0 Å². The lowest BCUT2D eigenvalue weighted by Crippen LogP contribution is -2.79. The molecular weight excluding hydrogens is 324 g/mol. The summed E-state index contributed by atoms with van der Waals surface area (Å²) in [4.78, 5) is 0. The van der Waals surface area contributed by atoms with E-state index in [9.17, 15) is 30.6 Å². The van der Waals surface area contributed by atoms with Gasteiger partial charge in [0.05, 0.1) is 0 Å². The fourth-order valence-corrected chi connectivity index (χ4v) is 2.43. The molecule has 24 heavy (non-hydrogen) atoms. The van der Waals surface area contributed by atoms with Crippen molar-refractivity contribution in [3.63, 3.8) is 0 Å². The average molecular weight is 356 g/mol. The number of hydrogen-bond donors (Lipinski definition) is 6. The van der Waals surface area contributed by atoms with Crippen molar-refractivity contribution < 1.29 is 44.8 Å². The summed E-state index contributed by atoms with van der Waals surface area (Å²) in [6.07, 6.45) is -3.65. The fourth-order valence-electron chi connectivity index (χ4n) is 2.43. The molecule has 0 aliphatic carbocycles. The van der Waals surface area contributed by atoms with Crippen molar-refractivity contribution in [3.05, 3.63) is 0 Å². The number of hydrogen-bond acceptors (Lipinski definition) is 9. The first-order valence-corrected chi connectivity index (χ1v) is 7.95. The minimum atomic E-state index is -3.01. The van der Waals surface area contributed by atoms with Crippen LogP contribution < -0.4 is 0 Å². The molecule has 6 atom stereocenters. The molecule has 0 bridgehead atoms. The summed E-state index contributed by atoms with van der Waals surface area (Å²) in [7, 11) is 0. The molecule has 0 aliphatic rings. The third-order valence-electron chi connectivity index (χ3n) is 4.22. The molecule has 0 heterocycles. The van der Waals surface area contributed by atoms with E-state index in [2.05, 4.69) is 0 Å². The van der Waals surface area contributed by atoms with Gasteiger partial charge in [0, 0.05) is 19.8 Å². The number of ether oxygens (including phenoxy) is 3. The highest BCUT2D eigenvalue weighted by Crippen LogP contribution is 2.44. The first-order chi connectivity index (χ1) is 10.8. The number of rotatable bonds is 11.